The van der Waals surface area contributed by atoms with Crippen LogP contribution in [0.3, 0.4) is 0 Å². The fourth-order valence-corrected chi connectivity index (χ4v) is 2.67. The predicted octanol–water partition coefficient (Wildman–Crippen LogP) is 2.24. The second-order valence-electron chi connectivity index (χ2n) is 4.30. The number of rotatable bonds is 4. The number of pyridine rings is 1. The zero-order valence-electron chi connectivity index (χ0n) is 11.3. The molecule has 0 N–H and O–H groups in total. The highest BCUT2D eigenvalue weighted by molar-refractivity contribution is 7.07. The van der Waals surface area contributed by atoms with Gasteiger partial charge in [0.1, 0.15) is 5.69 Å². The summed E-state index contributed by atoms with van der Waals surface area (Å²) in [7, 11) is 1.33. The second kappa shape index (κ2) is 5.84. The summed E-state index contributed by atoms with van der Waals surface area (Å²) in [5.74, 6) is -0.501. The number of methoxy groups -OCH3 is 1. The monoisotopic (exact) mass is 300 g/mol. The van der Waals surface area contributed by atoms with Crippen molar-refractivity contribution in [3.05, 3.63) is 52.6 Å². The van der Waals surface area contributed by atoms with Gasteiger partial charge in [-0.25, -0.2) is 9.48 Å². The molecule has 21 heavy (non-hydrogen) atoms. The minimum absolute atomic E-state index is 0.207. The zero-order valence-corrected chi connectivity index (χ0v) is 12.1. The number of esters is 1. The van der Waals surface area contributed by atoms with Gasteiger partial charge in [-0.15, -0.1) is 5.10 Å². The maximum absolute atomic E-state index is 11.9. The Balaban J connectivity index is 2.08. The second-order valence-corrected chi connectivity index (χ2v) is 5.08. The Bertz CT molecular complexity index is 738. The minimum atomic E-state index is -0.501. The lowest BCUT2D eigenvalue weighted by atomic mass is 10.1. The number of carbonyl (C=O) groups is 1. The van der Waals surface area contributed by atoms with Crippen LogP contribution in [0.15, 0.2) is 41.4 Å². The van der Waals surface area contributed by atoms with E-state index in [9.17, 15) is 4.79 Å². The van der Waals surface area contributed by atoms with Crippen LogP contribution < -0.4 is 0 Å². The van der Waals surface area contributed by atoms with Crippen molar-refractivity contribution in [1.82, 2.24) is 20.0 Å². The molecule has 0 atom stereocenters. The Labute approximate surface area is 125 Å². The lowest BCUT2D eigenvalue weighted by Crippen LogP contribution is -2.07. The molecule has 3 aromatic heterocycles. The van der Waals surface area contributed by atoms with Crippen LogP contribution in [0.2, 0.25) is 0 Å². The van der Waals surface area contributed by atoms with Crippen molar-refractivity contribution >= 4 is 17.3 Å². The van der Waals surface area contributed by atoms with Crippen LogP contribution >= 0.6 is 11.3 Å². The molecule has 0 saturated heterocycles. The van der Waals surface area contributed by atoms with Crippen LogP contribution in [0.5, 0.6) is 0 Å². The first-order chi connectivity index (χ1) is 10.3. The summed E-state index contributed by atoms with van der Waals surface area (Å²) in [5, 5.41) is 12.1. The van der Waals surface area contributed by atoms with E-state index >= 15 is 0 Å². The zero-order chi connectivity index (χ0) is 14.7. The highest BCUT2D eigenvalue weighted by atomic mass is 32.1. The maximum Gasteiger partial charge on any atom is 0.360 e. The van der Waals surface area contributed by atoms with Gasteiger partial charge in [0.15, 0.2) is 5.69 Å². The first-order valence-electron chi connectivity index (χ1n) is 6.23. The third-order valence-corrected chi connectivity index (χ3v) is 3.71. The summed E-state index contributed by atoms with van der Waals surface area (Å²) in [5.41, 5.74) is 2.77. The molecule has 0 amide bonds. The molecule has 0 aromatic carbocycles. The van der Waals surface area contributed by atoms with Crippen molar-refractivity contribution in [2.75, 3.05) is 7.11 Å². The average molecular weight is 300 g/mol. The van der Waals surface area contributed by atoms with Gasteiger partial charge in [0.25, 0.3) is 0 Å². The van der Waals surface area contributed by atoms with E-state index in [0.717, 1.165) is 11.1 Å². The number of ether oxygens (including phenoxy) is 1. The Hall–Kier alpha value is -2.54. The Kier molecular flexibility index (Phi) is 3.74. The van der Waals surface area contributed by atoms with Gasteiger partial charge in [0, 0.05) is 18.0 Å². The quantitative estimate of drug-likeness (QED) is 0.691. The number of hydrogen-bond acceptors (Lipinski definition) is 6. The topological polar surface area (TPSA) is 69.9 Å². The van der Waals surface area contributed by atoms with E-state index in [0.29, 0.717) is 12.2 Å². The van der Waals surface area contributed by atoms with Crippen LogP contribution in [0.1, 0.15) is 16.1 Å². The Morgan fingerprint density at radius 2 is 2.14 bits per heavy atom. The fraction of sp³-hybridized carbons (Fsp3) is 0.143. The molecule has 3 rings (SSSR count). The van der Waals surface area contributed by atoms with Gasteiger partial charge in [-0.05, 0) is 34.5 Å². The normalized spacial score (nSPS) is 10.5. The number of carbonyl (C=O) groups excluding carboxylic acids is 1. The third-order valence-electron chi connectivity index (χ3n) is 2.98. The molecule has 0 radical (unpaired) electrons. The van der Waals surface area contributed by atoms with E-state index in [4.69, 9.17) is 4.74 Å². The number of thiophene rings is 1. The molecule has 0 bridgehead atoms. The van der Waals surface area contributed by atoms with Crippen LogP contribution in [-0.2, 0) is 11.3 Å². The first kappa shape index (κ1) is 13.4. The van der Waals surface area contributed by atoms with Gasteiger partial charge >= 0.3 is 5.97 Å². The molecule has 6 nitrogen and oxygen atoms in total. The summed E-state index contributed by atoms with van der Waals surface area (Å²) in [6.07, 6.45) is 3.33. The van der Waals surface area contributed by atoms with Gasteiger partial charge in [-0.2, -0.15) is 11.3 Å². The van der Waals surface area contributed by atoms with Crippen molar-refractivity contribution in [3.8, 4) is 11.3 Å². The highest BCUT2D eigenvalue weighted by Gasteiger charge is 2.21. The average Bonchev–Trinajstić information content (AvgIpc) is 3.17. The molecule has 0 spiro atoms. The molecule has 0 aliphatic heterocycles. The first-order valence-corrected chi connectivity index (χ1v) is 7.17. The van der Waals surface area contributed by atoms with Crippen molar-refractivity contribution in [2.24, 2.45) is 0 Å². The van der Waals surface area contributed by atoms with Gasteiger partial charge in [0.2, 0.25) is 0 Å². The molecular weight excluding hydrogens is 288 g/mol. The molecular formula is C14H12N4O2S. The van der Waals surface area contributed by atoms with Gasteiger partial charge in [0.05, 0.1) is 13.7 Å². The molecule has 0 aliphatic carbocycles. The molecule has 0 saturated carbocycles. The molecule has 0 aliphatic rings. The van der Waals surface area contributed by atoms with E-state index < -0.39 is 5.97 Å². The molecule has 0 fully saturated rings. The standard InChI is InChI=1S/C14H12N4O2S/c1-20-14(19)12-13(11-2-5-15-6-3-11)18(17-16-12)8-10-4-7-21-9-10/h2-7,9H,8H2,1H3. The lowest BCUT2D eigenvalue weighted by Gasteiger charge is -2.06. The Morgan fingerprint density at radius 3 is 2.81 bits per heavy atom. The van der Waals surface area contributed by atoms with Crippen LogP contribution in [0, 0.1) is 0 Å². The fourth-order valence-electron chi connectivity index (χ4n) is 2.01. The lowest BCUT2D eigenvalue weighted by molar-refractivity contribution is 0.0595. The summed E-state index contributed by atoms with van der Waals surface area (Å²) >= 11 is 1.61. The van der Waals surface area contributed by atoms with Crippen LogP contribution in [0.25, 0.3) is 11.3 Å². The number of nitrogens with zero attached hydrogens (tertiary/aromatic N) is 4. The van der Waals surface area contributed by atoms with E-state index in [1.54, 1.807) is 28.4 Å². The van der Waals surface area contributed by atoms with E-state index in [1.807, 2.05) is 29.0 Å². The predicted molar refractivity (Wildman–Crippen MR) is 78.0 cm³/mol. The summed E-state index contributed by atoms with van der Waals surface area (Å²) in [6, 6.07) is 5.64. The molecule has 0 unspecified atom stereocenters. The molecule has 7 heteroatoms. The summed E-state index contributed by atoms with van der Waals surface area (Å²) in [6.45, 7) is 0.547. The Morgan fingerprint density at radius 1 is 1.33 bits per heavy atom. The smallest absolute Gasteiger partial charge is 0.360 e. The molecule has 106 valence electrons. The largest absolute Gasteiger partial charge is 0.464 e. The van der Waals surface area contributed by atoms with Crippen molar-refractivity contribution in [1.29, 1.82) is 0 Å². The summed E-state index contributed by atoms with van der Waals surface area (Å²) in [4.78, 5) is 15.9. The summed E-state index contributed by atoms with van der Waals surface area (Å²) < 4.78 is 6.48. The van der Waals surface area contributed by atoms with Gasteiger partial charge < -0.3 is 4.74 Å². The number of aromatic nitrogens is 4. The molecule has 3 aromatic rings. The van der Waals surface area contributed by atoms with E-state index in [2.05, 4.69) is 15.3 Å². The van der Waals surface area contributed by atoms with Gasteiger partial charge in [-0.1, -0.05) is 5.21 Å². The molecule has 3 heterocycles. The van der Waals surface area contributed by atoms with Crippen LogP contribution in [0.4, 0.5) is 0 Å². The van der Waals surface area contributed by atoms with Crippen molar-refractivity contribution in [3.63, 3.8) is 0 Å². The third kappa shape index (κ3) is 2.68. The maximum atomic E-state index is 11.9. The number of hydrogen-bond donors (Lipinski definition) is 0. The van der Waals surface area contributed by atoms with E-state index in [-0.39, 0.29) is 5.69 Å². The van der Waals surface area contributed by atoms with Crippen molar-refractivity contribution < 1.29 is 9.53 Å². The van der Waals surface area contributed by atoms with Crippen LogP contribution in [-0.4, -0.2) is 33.1 Å². The van der Waals surface area contributed by atoms with Crippen molar-refractivity contribution in [2.45, 2.75) is 6.54 Å². The highest BCUT2D eigenvalue weighted by Crippen LogP contribution is 2.23. The minimum Gasteiger partial charge on any atom is -0.464 e. The van der Waals surface area contributed by atoms with E-state index in [1.165, 1.54) is 7.11 Å². The van der Waals surface area contributed by atoms with Gasteiger partial charge in [-0.3, -0.25) is 4.98 Å². The SMILES string of the molecule is COC(=O)c1nnn(Cc2ccsc2)c1-c1ccncc1.